The number of hydrogen-bond donors (Lipinski definition) is 1. The molecule has 3 rings (SSSR count). The minimum atomic E-state index is 0.603. The van der Waals surface area contributed by atoms with Crippen molar-refractivity contribution in [3.05, 3.63) is 51.5 Å². The van der Waals surface area contributed by atoms with Crippen molar-refractivity contribution in [2.24, 2.45) is 0 Å². The van der Waals surface area contributed by atoms with Crippen molar-refractivity contribution in [3.63, 3.8) is 0 Å². The lowest BCUT2D eigenvalue weighted by molar-refractivity contribution is 1.13. The molecule has 3 aromatic rings. The van der Waals surface area contributed by atoms with Gasteiger partial charge in [-0.1, -0.05) is 41.2 Å². The smallest absolute Gasteiger partial charge is 0.180 e. The minimum absolute atomic E-state index is 0.603. The first-order valence-corrected chi connectivity index (χ1v) is 8.04. The monoisotopic (exact) mass is 301 g/mol. The second-order valence-corrected chi connectivity index (χ2v) is 6.73. The quantitative estimate of drug-likeness (QED) is 0.794. The van der Waals surface area contributed by atoms with Gasteiger partial charge in [0.05, 0.1) is 21.3 Å². The van der Waals surface area contributed by atoms with Gasteiger partial charge in [-0.25, -0.2) is 9.97 Å². The van der Waals surface area contributed by atoms with Crippen molar-refractivity contribution < 1.29 is 0 Å². The molecule has 20 heavy (non-hydrogen) atoms. The number of rotatable bonds is 3. The van der Waals surface area contributed by atoms with E-state index in [0.717, 1.165) is 27.7 Å². The summed E-state index contributed by atoms with van der Waals surface area (Å²) >= 11 is 3.19. The fourth-order valence-corrected chi connectivity index (χ4v) is 3.84. The molecule has 5 heteroatoms. The molecule has 0 amide bonds. The summed E-state index contributed by atoms with van der Waals surface area (Å²) in [5.74, 6) is 0. The van der Waals surface area contributed by atoms with E-state index in [2.05, 4.69) is 41.6 Å². The van der Waals surface area contributed by atoms with Crippen LogP contribution in [0.2, 0.25) is 0 Å². The van der Waals surface area contributed by atoms with Gasteiger partial charge < -0.3 is 5.73 Å². The Morgan fingerprint density at radius 1 is 1.20 bits per heavy atom. The minimum Gasteiger partial charge on any atom is -0.375 e. The number of aryl methyl sites for hydroxylation is 2. The highest BCUT2D eigenvalue weighted by atomic mass is 32.1. The molecule has 0 spiro atoms. The summed E-state index contributed by atoms with van der Waals surface area (Å²) in [6, 6.07) is 8.55. The highest BCUT2D eigenvalue weighted by Crippen LogP contribution is 2.32. The molecule has 3 nitrogen and oxygen atoms in total. The van der Waals surface area contributed by atoms with Crippen LogP contribution in [-0.2, 0) is 6.42 Å². The molecule has 2 aromatic heterocycles. The maximum atomic E-state index is 5.75. The van der Waals surface area contributed by atoms with Gasteiger partial charge >= 0.3 is 0 Å². The topological polar surface area (TPSA) is 51.8 Å². The summed E-state index contributed by atoms with van der Waals surface area (Å²) in [6.45, 7) is 4.09. The first-order valence-electron chi connectivity index (χ1n) is 6.35. The normalized spacial score (nSPS) is 10.9. The van der Waals surface area contributed by atoms with Crippen LogP contribution in [0.5, 0.6) is 0 Å². The summed E-state index contributed by atoms with van der Waals surface area (Å²) in [7, 11) is 0. The van der Waals surface area contributed by atoms with Crippen LogP contribution >= 0.6 is 22.7 Å². The van der Waals surface area contributed by atoms with Crippen LogP contribution in [-0.4, -0.2) is 9.97 Å². The van der Waals surface area contributed by atoms with Gasteiger partial charge in [0.15, 0.2) is 5.13 Å². The Hall–Kier alpha value is -1.72. The average molecular weight is 301 g/mol. The van der Waals surface area contributed by atoms with Crippen LogP contribution in [0.4, 0.5) is 5.13 Å². The Kier molecular flexibility index (Phi) is 3.54. The SMILES string of the molecule is Cc1cccc(Cc2nc(-c3sc(N)nc3C)cs2)c1. The number of nitrogen functional groups attached to an aromatic ring is 1. The van der Waals surface area contributed by atoms with Crippen molar-refractivity contribution in [3.8, 4) is 10.6 Å². The zero-order valence-electron chi connectivity index (χ0n) is 11.4. The average Bonchev–Trinajstić information content (AvgIpc) is 2.96. The maximum absolute atomic E-state index is 5.75. The Morgan fingerprint density at radius 2 is 2.05 bits per heavy atom. The zero-order chi connectivity index (χ0) is 14.1. The molecule has 2 heterocycles. The van der Waals surface area contributed by atoms with Crippen molar-refractivity contribution in [1.82, 2.24) is 9.97 Å². The van der Waals surface area contributed by atoms with E-state index in [1.807, 2.05) is 6.92 Å². The van der Waals surface area contributed by atoms with Crippen LogP contribution in [0, 0.1) is 13.8 Å². The van der Waals surface area contributed by atoms with Gasteiger partial charge in [-0.3, -0.25) is 0 Å². The zero-order valence-corrected chi connectivity index (χ0v) is 13.0. The number of nitrogens with two attached hydrogens (primary N) is 1. The van der Waals surface area contributed by atoms with E-state index in [4.69, 9.17) is 10.7 Å². The summed E-state index contributed by atoms with van der Waals surface area (Å²) in [5.41, 5.74) is 10.3. The van der Waals surface area contributed by atoms with E-state index in [-0.39, 0.29) is 0 Å². The number of benzene rings is 1. The summed E-state index contributed by atoms with van der Waals surface area (Å²) in [5, 5.41) is 3.81. The van der Waals surface area contributed by atoms with E-state index in [1.54, 1.807) is 11.3 Å². The Bertz CT molecular complexity index is 743. The predicted octanol–water partition coefficient (Wildman–Crippen LogP) is 4.06. The van der Waals surface area contributed by atoms with Gasteiger partial charge in [-0.15, -0.1) is 11.3 Å². The Morgan fingerprint density at radius 3 is 2.75 bits per heavy atom. The van der Waals surface area contributed by atoms with Crippen molar-refractivity contribution in [2.45, 2.75) is 20.3 Å². The van der Waals surface area contributed by atoms with Gasteiger partial charge in [-0.05, 0) is 19.4 Å². The van der Waals surface area contributed by atoms with Gasteiger partial charge in [0.25, 0.3) is 0 Å². The van der Waals surface area contributed by atoms with E-state index in [1.165, 1.54) is 22.5 Å². The van der Waals surface area contributed by atoms with Crippen LogP contribution in [0.3, 0.4) is 0 Å². The molecule has 0 fully saturated rings. The Balaban J connectivity index is 1.85. The van der Waals surface area contributed by atoms with E-state index < -0.39 is 0 Å². The first-order chi connectivity index (χ1) is 9.61. The fraction of sp³-hybridized carbons (Fsp3) is 0.200. The van der Waals surface area contributed by atoms with Gasteiger partial charge in [-0.2, -0.15) is 0 Å². The number of nitrogens with zero attached hydrogens (tertiary/aromatic N) is 2. The van der Waals surface area contributed by atoms with Crippen LogP contribution < -0.4 is 5.73 Å². The molecule has 0 atom stereocenters. The van der Waals surface area contributed by atoms with E-state index >= 15 is 0 Å². The van der Waals surface area contributed by atoms with Crippen molar-refractivity contribution in [1.29, 1.82) is 0 Å². The summed E-state index contributed by atoms with van der Waals surface area (Å²) in [6.07, 6.45) is 0.875. The summed E-state index contributed by atoms with van der Waals surface area (Å²) in [4.78, 5) is 10.0. The molecular weight excluding hydrogens is 286 g/mol. The third kappa shape index (κ3) is 2.73. The Labute approximate surface area is 126 Å². The molecule has 0 aliphatic heterocycles. The lowest BCUT2D eigenvalue weighted by atomic mass is 10.1. The van der Waals surface area contributed by atoms with E-state index in [0.29, 0.717) is 5.13 Å². The molecule has 0 aliphatic rings. The van der Waals surface area contributed by atoms with Gasteiger partial charge in [0.2, 0.25) is 0 Å². The number of hydrogen-bond acceptors (Lipinski definition) is 5. The molecule has 0 bridgehead atoms. The lowest BCUT2D eigenvalue weighted by Gasteiger charge is -1.99. The summed E-state index contributed by atoms with van der Waals surface area (Å²) < 4.78 is 0. The highest BCUT2D eigenvalue weighted by molar-refractivity contribution is 7.19. The molecule has 0 unspecified atom stereocenters. The molecule has 0 saturated heterocycles. The predicted molar refractivity (Wildman–Crippen MR) is 86.4 cm³/mol. The van der Waals surface area contributed by atoms with Crippen molar-refractivity contribution in [2.75, 3.05) is 5.73 Å². The van der Waals surface area contributed by atoms with Crippen molar-refractivity contribution >= 4 is 27.8 Å². The first kappa shape index (κ1) is 13.3. The number of anilines is 1. The second kappa shape index (κ2) is 5.34. The largest absolute Gasteiger partial charge is 0.375 e. The molecule has 0 radical (unpaired) electrons. The lowest BCUT2D eigenvalue weighted by Crippen LogP contribution is -1.88. The van der Waals surface area contributed by atoms with Crippen LogP contribution in [0.1, 0.15) is 21.8 Å². The third-order valence-corrected chi connectivity index (χ3v) is 4.89. The van der Waals surface area contributed by atoms with E-state index in [9.17, 15) is 0 Å². The molecule has 1 aromatic carbocycles. The highest BCUT2D eigenvalue weighted by Gasteiger charge is 2.12. The van der Waals surface area contributed by atoms with Crippen LogP contribution in [0.15, 0.2) is 29.6 Å². The van der Waals surface area contributed by atoms with Gasteiger partial charge in [0.1, 0.15) is 0 Å². The second-order valence-electron chi connectivity index (χ2n) is 4.76. The van der Waals surface area contributed by atoms with Crippen LogP contribution in [0.25, 0.3) is 10.6 Å². The third-order valence-electron chi connectivity index (χ3n) is 3.04. The molecule has 0 saturated carbocycles. The number of thiazole rings is 2. The molecule has 2 N–H and O–H groups in total. The number of aromatic nitrogens is 2. The standard InChI is InChI=1S/C15H15N3S2/c1-9-4-3-5-11(6-9)7-13-18-12(8-19-13)14-10(2)17-15(16)20-14/h3-6,8H,7H2,1-2H3,(H2,16,17). The molecule has 102 valence electrons. The molecular formula is C15H15N3S2. The fourth-order valence-electron chi connectivity index (χ4n) is 2.15. The molecule has 0 aliphatic carbocycles. The van der Waals surface area contributed by atoms with Gasteiger partial charge in [0, 0.05) is 11.8 Å². The maximum Gasteiger partial charge on any atom is 0.180 e.